The standard InChI is InChI=1S/C23H39N7O2S/c1-17(20-16-33-22(28(20)5)18-7-9-27(4)10-8-18)26-19(15-24-2)21(25-3)30-12-11-29(13-14-31)23(30)32-6/h7-9,15-16,21-26,31H,1,10-14H2,2-6H3/b19-15+. The van der Waals surface area contributed by atoms with Gasteiger partial charge in [-0.15, -0.1) is 11.8 Å². The van der Waals surface area contributed by atoms with E-state index < -0.39 is 0 Å². The van der Waals surface area contributed by atoms with Crippen LogP contribution in [0, 0.1) is 0 Å². The fraction of sp³-hybridized carbons (Fsp3) is 0.565. The highest BCUT2D eigenvalue weighted by molar-refractivity contribution is 8.03. The van der Waals surface area contributed by atoms with Crippen molar-refractivity contribution in [2.75, 3.05) is 68.1 Å². The van der Waals surface area contributed by atoms with E-state index in [1.165, 1.54) is 5.57 Å². The maximum atomic E-state index is 9.41. The molecule has 1 saturated heterocycles. The summed E-state index contributed by atoms with van der Waals surface area (Å²) in [6.45, 7) is 7.61. The normalized spacial score (nSPS) is 25.3. The third kappa shape index (κ3) is 5.76. The van der Waals surface area contributed by atoms with Crippen LogP contribution >= 0.6 is 11.8 Å². The number of hydrogen-bond donors (Lipinski definition) is 4. The lowest BCUT2D eigenvalue weighted by molar-refractivity contribution is -0.105. The number of rotatable bonds is 11. The van der Waals surface area contributed by atoms with Gasteiger partial charge in [0.1, 0.15) is 11.5 Å². The van der Waals surface area contributed by atoms with Gasteiger partial charge in [0.2, 0.25) is 0 Å². The minimum absolute atomic E-state index is 0.105. The monoisotopic (exact) mass is 477 g/mol. The molecule has 3 aliphatic heterocycles. The molecule has 0 aromatic heterocycles. The van der Waals surface area contributed by atoms with Crippen LogP contribution in [0.5, 0.6) is 0 Å². The number of aliphatic hydroxyl groups is 1. The van der Waals surface area contributed by atoms with Crippen molar-refractivity contribution in [3.05, 3.63) is 59.2 Å². The van der Waals surface area contributed by atoms with Crippen molar-refractivity contribution in [1.29, 1.82) is 0 Å². The van der Waals surface area contributed by atoms with Gasteiger partial charge in [0.05, 0.1) is 23.7 Å². The third-order valence-electron chi connectivity index (χ3n) is 6.11. The Bertz CT molecular complexity index is 813. The first kappa shape index (κ1) is 25.7. The summed E-state index contributed by atoms with van der Waals surface area (Å²) in [5.41, 5.74) is 4.16. The summed E-state index contributed by atoms with van der Waals surface area (Å²) in [7, 11) is 9.72. The first-order valence-electron chi connectivity index (χ1n) is 11.3. The number of nitrogens with one attached hydrogen (secondary N) is 3. The molecule has 0 spiro atoms. The first-order chi connectivity index (χ1) is 15.9. The van der Waals surface area contributed by atoms with E-state index in [4.69, 9.17) is 4.74 Å². The van der Waals surface area contributed by atoms with Crippen molar-refractivity contribution >= 4 is 11.8 Å². The number of methoxy groups -OCH3 is 1. The van der Waals surface area contributed by atoms with Gasteiger partial charge in [-0.1, -0.05) is 12.7 Å². The third-order valence-corrected chi connectivity index (χ3v) is 7.31. The summed E-state index contributed by atoms with van der Waals surface area (Å²) >= 11 is 1.80. The van der Waals surface area contributed by atoms with Gasteiger partial charge >= 0.3 is 0 Å². The zero-order valence-electron chi connectivity index (χ0n) is 20.4. The fourth-order valence-corrected chi connectivity index (χ4v) is 5.63. The Hall–Kier alpha value is -1.95. The van der Waals surface area contributed by atoms with Gasteiger partial charge in [0.25, 0.3) is 0 Å². The van der Waals surface area contributed by atoms with Crippen LogP contribution in [-0.2, 0) is 4.74 Å². The molecule has 3 heterocycles. The molecule has 184 valence electrons. The van der Waals surface area contributed by atoms with Crippen LogP contribution in [0.4, 0.5) is 0 Å². The molecule has 0 aromatic carbocycles. The molecule has 33 heavy (non-hydrogen) atoms. The molecule has 3 rings (SSSR count). The van der Waals surface area contributed by atoms with Gasteiger partial charge in [-0.3, -0.25) is 10.2 Å². The second-order valence-corrected chi connectivity index (χ2v) is 9.26. The number of aliphatic hydroxyl groups excluding tert-OH is 1. The summed E-state index contributed by atoms with van der Waals surface area (Å²) in [6, 6.07) is 0. The van der Waals surface area contributed by atoms with Crippen molar-refractivity contribution in [3.63, 3.8) is 0 Å². The lowest BCUT2D eigenvalue weighted by atomic mass is 10.1. The van der Waals surface area contributed by atoms with Crippen molar-refractivity contribution in [2.45, 2.75) is 17.9 Å². The number of hydrogen-bond acceptors (Lipinski definition) is 10. The predicted molar refractivity (Wildman–Crippen MR) is 136 cm³/mol. The minimum Gasteiger partial charge on any atom is -0.395 e. The minimum atomic E-state index is -0.221. The Labute approximate surface area is 202 Å². The average molecular weight is 478 g/mol. The lowest BCUT2D eigenvalue weighted by Crippen LogP contribution is -2.54. The van der Waals surface area contributed by atoms with Crippen LogP contribution in [0.1, 0.15) is 0 Å². The van der Waals surface area contributed by atoms with E-state index in [0.29, 0.717) is 6.54 Å². The highest BCUT2D eigenvalue weighted by Gasteiger charge is 2.38. The van der Waals surface area contributed by atoms with Crippen molar-refractivity contribution < 1.29 is 9.84 Å². The van der Waals surface area contributed by atoms with E-state index >= 15 is 0 Å². The molecule has 0 amide bonds. The Balaban J connectivity index is 1.71. The number of thioether (sulfide) groups is 1. The largest absolute Gasteiger partial charge is 0.395 e. The molecule has 4 N–H and O–H groups in total. The molecule has 3 unspecified atom stereocenters. The Morgan fingerprint density at radius 2 is 2.15 bits per heavy atom. The maximum Gasteiger partial charge on any atom is 0.169 e. The molecule has 0 radical (unpaired) electrons. The Morgan fingerprint density at radius 1 is 1.36 bits per heavy atom. The van der Waals surface area contributed by atoms with E-state index in [-0.39, 0.29) is 24.5 Å². The van der Waals surface area contributed by atoms with Gasteiger partial charge in [-0.2, -0.15) is 0 Å². The van der Waals surface area contributed by atoms with E-state index in [2.05, 4.69) is 80.0 Å². The molecular weight excluding hydrogens is 438 g/mol. The quantitative estimate of drug-likeness (QED) is 0.337. The number of nitrogens with zero attached hydrogens (tertiary/aromatic N) is 4. The number of ether oxygens (including phenoxy) is 1. The van der Waals surface area contributed by atoms with Crippen molar-refractivity contribution in [1.82, 2.24) is 35.6 Å². The molecular formula is C23H39N7O2S. The van der Waals surface area contributed by atoms with Gasteiger partial charge in [0.15, 0.2) is 6.35 Å². The Kier molecular flexibility index (Phi) is 9.30. The highest BCUT2D eigenvalue weighted by atomic mass is 32.2. The van der Waals surface area contributed by atoms with Crippen molar-refractivity contribution in [2.24, 2.45) is 0 Å². The van der Waals surface area contributed by atoms with Gasteiger partial charge in [-0.05, 0) is 30.3 Å². The van der Waals surface area contributed by atoms with Gasteiger partial charge in [-0.25, -0.2) is 4.90 Å². The summed E-state index contributed by atoms with van der Waals surface area (Å²) in [4.78, 5) is 8.80. The lowest BCUT2D eigenvalue weighted by Gasteiger charge is -2.36. The van der Waals surface area contributed by atoms with Crippen LogP contribution in [0.25, 0.3) is 0 Å². The molecule has 9 nitrogen and oxygen atoms in total. The smallest absolute Gasteiger partial charge is 0.169 e. The topological polar surface area (TPSA) is 78.5 Å². The summed E-state index contributed by atoms with van der Waals surface area (Å²) < 4.78 is 5.77. The highest BCUT2D eigenvalue weighted by Crippen LogP contribution is 2.37. The van der Waals surface area contributed by atoms with Crippen molar-refractivity contribution in [3.8, 4) is 0 Å². The summed E-state index contributed by atoms with van der Waals surface area (Å²) in [6.07, 6.45) is 8.20. The van der Waals surface area contributed by atoms with Gasteiger partial charge in [0, 0.05) is 60.6 Å². The molecule has 3 aliphatic rings. The predicted octanol–water partition coefficient (Wildman–Crippen LogP) is 0.468. The second-order valence-electron chi connectivity index (χ2n) is 8.30. The number of β-amino-alcohol motifs (C(OH)–C–C–N with tert-alkyl or cyclic N) is 1. The Morgan fingerprint density at radius 3 is 2.76 bits per heavy atom. The van der Waals surface area contributed by atoms with Crippen LogP contribution < -0.4 is 16.0 Å². The van der Waals surface area contributed by atoms with E-state index in [1.807, 2.05) is 20.3 Å². The molecule has 0 aliphatic carbocycles. The van der Waals surface area contributed by atoms with Crippen LogP contribution in [0.3, 0.4) is 0 Å². The average Bonchev–Trinajstić information content (AvgIpc) is 3.38. The maximum absolute atomic E-state index is 9.41. The molecule has 10 heteroatoms. The summed E-state index contributed by atoms with van der Waals surface area (Å²) in [5, 5.41) is 21.9. The van der Waals surface area contributed by atoms with Crippen LogP contribution in [-0.4, -0.2) is 111 Å². The molecule has 0 aromatic rings. The van der Waals surface area contributed by atoms with Crippen LogP contribution in [0.15, 0.2) is 59.2 Å². The zero-order valence-corrected chi connectivity index (χ0v) is 21.2. The van der Waals surface area contributed by atoms with E-state index in [9.17, 15) is 5.11 Å². The summed E-state index contributed by atoms with van der Waals surface area (Å²) in [5.74, 6) is 0. The molecule has 0 bridgehead atoms. The fourth-order valence-electron chi connectivity index (χ4n) is 4.43. The molecule has 0 saturated carbocycles. The second kappa shape index (κ2) is 12.0. The van der Waals surface area contributed by atoms with E-state index in [1.54, 1.807) is 18.9 Å². The van der Waals surface area contributed by atoms with Crippen LogP contribution in [0.2, 0.25) is 0 Å². The van der Waals surface area contributed by atoms with Gasteiger partial charge < -0.3 is 30.3 Å². The molecule has 1 fully saturated rings. The SMILES string of the molecule is C=C(N/C(=C/NC)C(NC)N1CCN(CCO)C1OC)C1=CSC(C2=CCN(C)C=C2)N1C. The van der Waals surface area contributed by atoms with E-state index in [0.717, 1.165) is 36.7 Å². The first-order valence-corrected chi connectivity index (χ1v) is 12.2. The number of likely N-dealkylation sites (N-methyl/N-ethyl adjacent to an activating group) is 3. The molecule has 3 atom stereocenters. The zero-order chi connectivity index (χ0) is 24.0.